The first-order valence-electron chi connectivity index (χ1n) is 9.46. The number of piperidine rings is 1. The maximum absolute atomic E-state index is 13.0. The molecule has 0 bridgehead atoms. The molecule has 2 aromatic carbocycles. The third kappa shape index (κ3) is 4.44. The molecule has 2 amide bonds. The number of hydrogen-bond donors (Lipinski definition) is 1. The van der Waals surface area contributed by atoms with Crippen molar-refractivity contribution in [2.75, 3.05) is 27.3 Å². The van der Waals surface area contributed by atoms with Gasteiger partial charge in [-0.25, -0.2) is 0 Å². The third-order valence-corrected chi connectivity index (χ3v) is 5.10. The summed E-state index contributed by atoms with van der Waals surface area (Å²) in [5.74, 6) is 0.828. The van der Waals surface area contributed by atoms with E-state index in [0.717, 1.165) is 5.56 Å². The fraction of sp³-hybridized carbons (Fsp3) is 0.364. The van der Waals surface area contributed by atoms with Gasteiger partial charge in [0.1, 0.15) is 17.1 Å². The zero-order valence-corrected chi connectivity index (χ0v) is 16.3. The number of nitrogens with zero attached hydrogens (tertiary/aromatic N) is 1. The van der Waals surface area contributed by atoms with Crippen LogP contribution in [0.25, 0.3) is 0 Å². The van der Waals surface area contributed by atoms with Crippen molar-refractivity contribution in [2.45, 2.75) is 19.4 Å². The number of benzene rings is 2. The molecule has 1 fully saturated rings. The van der Waals surface area contributed by atoms with Gasteiger partial charge in [0.15, 0.2) is 0 Å². The standard InChI is InChI=1S/C22H26N2O4/c1-27-18-9-6-10-19(28-2)20(18)22(26)24-13-11-17(12-14-24)21(25)23-15-16-7-4-3-5-8-16/h3-10,17H,11-15H2,1-2H3,(H,23,25). The molecule has 1 heterocycles. The predicted molar refractivity (Wildman–Crippen MR) is 106 cm³/mol. The Labute approximate surface area is 165 Å². The van der Waals surface area contributed by atoms with Crippen LogP contribution in [-0.2, 0) is 11.3 Å². The monoisotopic (exact) mass is 382 g/mol. The minimum absolute atomic E-state index is 0.0471. The number of nitrogens with one attached hydrogen (secondary N) is 1. The molecule has 6 heteroatoms. The SMILES string of the molecule is COc1cccc(OC)c1C(=O)N1CCC(C(=O)NCc2ccccc2)CC1. The molecule has 0 radical (unpaired) electrons. The number of methoxy groups -OCH3 is 2. The van der Waals surface area contributed by atoms with Gasteiger partial charge in [0, 0.05) is 25.6 Å². The molecule has 1 aliphatic rings. The molecule has 2 aromatic rings. The Balaban J connectivity index is 1.58. The Bertz CT molecular complexity index is 792. The molecule has 1 aliphatic heterocycles. The van der Waals surface area contributed by atoms with Crippen molar-refractivity contribution < 1.29 is 19.1 Å². The summed E-state index contributed by atoms with van der Waals surface area (Å²) in [6.45, 7) is 1.59. The van der Waals surface area contributed by atoms with E-state index in [2.05, 4.69) is 5.32 Å². The summed E-state index contributed by atoms with van der Waals surface area (Å²) in [7, 11) is 3.07. The molecular formula is C22H26N2O4. The Hall–Kier alpha value is -3.02. The van der Waals surface area contributed by atoms with Gasteiger partial charge >= 0.3 is 0 Å². The molecular weight excluding hydrogens is 356 g/mol. The average Bonchev–Trinajstić information content (AvgIpc) is 2.77. The van der Waals surface area contributed by atoms with Crippen LogP contribution in [0.1, 0.15) is 28.8 Å². The van der Waals surface area contributed by atoms with E-state index in [1.54, 1.807) is 23.1 Å². The van der Waals surface area contributed by atoms with E-state index in [0.29, 0.717) is 49.5 Å². The highest BCUT2D eigenvalue weighted by atomic mass is 16.5. The highest BCUT2D eigenvalue weighted by molar-refractivity contribution is 6.00. The lowest BCUT2D eigenvalue weighted by Crippen LogP contribution is -2.43. The smallest absolute Gasteiger partial charge is 0.261 e. The van der Waals surface area contributed by atoms with E-state index in [-0.39, 0.29) is 17.7 Å². The Kier molecular flexibility index (Phi) is 6.53. The van der Waals surface area contributed by atoms with E-state index >= 15 is 0 Å². The van der Waals surface area contributed by atoms with E-state index in [9.17, 15) is 9.59 Å². The number of amides is 2. The number of hydrogen-bond acceptors (Lipinski definition) is 4. The average molecular weight is 382 g/mol. The molecule has 28 heavy (non-hydrogen) atoms. The highest BCUT2D eigenvalue weighted by Crippen LogP contribution is 2.31. The zero-order chi connectivity index (χ0) is 19.9. The molecule has 6 nitrogen and oxygen atoms in total. The minimum Gasteiger partial charge on any atom is -0.496 e. The van der Waals surface area contributed by atoms with Crippen LogP contribution in [0.15, 0.2) is 48.5 Å². The molecule has 0 unspecified atom stereocenters. The summed E-state index contributed by atoms with van der Waals surface area (Å²) < 4.78 is 10.7. The van der Waals surface area contributed by atoms with Crippen LogP contribution in [-0.4, -0.2) is 44.0 Å². The van der Waals surface area contributed by atoms with Crippen molar-refractivity contribution in [3.8, 4) is 11.5 Å². The lowest BCUT2D eigenvalue weighted by atomic mass is 9.95. The Morgan fingerprint density at radius 3 is 2.14 bits per heavy atom. The van der Waals surface area contributed by atoms with Crippen LogP contribution in [0.3, 0.4) is 0 Å². The van der Waals surface area contributed by atoms with Crippen LogP contribution in [0.4, 0.5) is 0 Å². The lowest BCUT2D eigenvalue weighted by Gasteiger charge is -2.32. The quantitative estimate of drug-likeness (QED) is 0.834. The topological polar surface area (TPSA) is 67.9 Å². The first-order chi connectivity index (χ1) is 13.6. The van der Waals surface area contributed by atoms with Crippen LogP contribution < -0.4 is 14.8 Å². The van der Waals surface area contributed by atoms with Crippen molar-refractivity contribution in [1.29, 1.82) is 0 Å². The molecule has 148 valence electrons. The van der Waals surface area contributed by atoms with Crippen LogP contribution in [0.5, 0.6) is 11.5 Å². The van der Waals surface area contributed by atoms with Gasteiger partial charge in [0.25, 0.3) is 5.91 Å². The predicted octanol–water partition coefficient (Wildman–Crippen LogP) is 2.87. The van der Waals surface area contributed by atoms with Crippen LogP contribution in [0.2, 0.25) is 0 Å². The largest absolute Gasteiger partial charge is 0.496 e. The molecule has 3 rings (SSSR count). The van der Waals surface area contributed by atoms with Crippen molar-refractivity contribution >= 4 is 11.8 Å². The van der Waals surface area contributed by atoms with Crippen molar-refractivity contribution in [1.82, 2.24) is 10.2 Å². The molecule has 0 aromatic heterocycles. The van der Waals surface area contributed by atoms with E-state index in [4.69, 9.17) is 9.47 Å². The number of carbonyl (C=O) groups excluding carboxylic acids is 2. The second kappa shape index (κ2) is 9.26. The number of ether oxygens (including phenoxy) is 2. The molecule has 1 N–H and O–H groups in total. The second-order valence-electron chi connectivity index (χ2n) is 6.81. The maximum Gasteiger partial charge on any atom is 0.261 e. The normalized spacial score (nSPS) is 14.4. The Morgan fingerprint density at radius 2 is 1.57 bits per heavy atom. The summed E-state index contributed by atoms with van der Waals surface area (Å²) >= 11 is 0. The number of likely N-dealkylation sites (tertiary alicyclic amines) is 1. The summed E-state index contributed by atoms with van der Waals surface area (Å²) in [5.41, 5.74) is 1.51. The fourth-order valence-electron chi connectivity index (χ4n) is 3.49. The van der Waals surface area contributed by atoms with Crippen LogP contribution >= 0.6 is 0 Å². The fourth-order valence-corrected chi connectivity index (χ4v) is 3.49. The Morgan fingerprint density at radius 1 is 0.964 bits per heavy atom. The molecule has 0 saturated carbocycles. The summed E-state index contributed by atoms with van der Waals surface area (Å²) in [6, 6.07) is 15.1. The van der Waals surface area contributed by atoms with Gasteiger partial charge < -0.3 is 19.7 Å². The lowest BCUT2D eigenvalue weighted by molar-refractivity contribution is -0.126. The van der Waals surface area contributed by atoms with Gasteiger partial charge in [0.05, 0.1) is 14.2 Å². The maximum atomic E-state index is 13.0. The third-order valence-electron chi connectivity index (χ3n) is 5.10. The van der Waals surface area contributed by atoms with E-state index in [1.807, 2.05) is 30.3 Å². The van der Waals surface area contributed by atoms with Crippen molar-refractivity contribution in [3.05, 3.63) is 59.7 Å². The van der Waals surface area contributed by atoms with Crippen molar-refractivity contribution in [3.63, 3.8) is 0 Å². The molecule has 0 spiro atoms. The van der Waals surface area contributed by atoms with Gasteiger partial charge in [-0.15, -0.1) is 0 Å². The van der Waals surface area contributed by atoms with Crippen LogP contribution in [0, 0.1) is 5.92 Å². The molecule has 1 saturated heterocycles. The van der Waals surface area contributed by atoms with Gasteiger partial charge in [-0.2, -0.15) is 0 Å². The zero-order valence-electron chi connectivity index (χ0n) is 16.3. The van der Waals surface area contributed by atoms with Gasteiger partial charge in [-0.05, 0) is 30.5 Å². The van der Waals surface area contributed by atoms with Gasteiger partial charge in [-0.1, -0.05) is 36.4 Å². The van der Waals surface area contributed by atoms with E-state index < -0.39 is 0 Å². The van der Waals surface area contributed by atoms with E-state index in [1.165, 1.54) is 14.2 Å². The van der Waals surface area contributed by atoms with Gasteiger partial charge in [0.2, 0.25) is 5.91 Å². The number of rotatable bonds is 6. The summed E-state index contributed by atoms with van der Waals surface area (Å²) in [6.07, 6.45) is 1.29. The van der Waals surface area contributed by atoms with Gasteiger partial charge in [-0.3, -0.25) is 9.59 Å². The summed E-state index contributed by atoms with van der Waals surface area (Å²) in [4.78, 5) is 27.2. The summed E-state index contributed by atoms with van der Waals surface area (Å²) in [5, 5.41) is 3.00. The highest BCUT2D eigenvalue weighted by Gasteiger charge is 2.30. The molecule has 0 atom stereocenters. The minimum atomic E-state index is -0.127. The first kappa shape index (κ1) is 19.7. The second-order valence-corrected chi connectivity index (χ2v) is 6.81. The number of carbonyl (C=O) groups is 2. The van der Waals surface area contributed by atoms with Crippen molar-refractivity contribution in [2.24, 2.45) is 5.92 Å². The molecule has 0 aliphatic carbocycles. The first-order valence-corrected chi connectivity index (χ1v) is 9.46.